The molecule has 2 unspecified atom stereocenters. The number of nitrogens with one attached hydrogen (secondary N) is 1. The fourth-order valence-corrected chi connectivity index (χ4v) is 4.66. The molecule has 25 heavy (non-hydrogen) atoms. The van der Waals surface area contributed by atoms with Gasteiger partial charge in [0.15, 0.2) is 0 Å². The third kappa shape index (κ3) is 3.33. The Kier molecular flexibility index (Phi) is 4.56. The molecule has 1 fully saturated rings. The summed E-state index contributed by atoms with van der Waals surface area (Å²) >= 11 is 0. The second kappa shape index (κ2) is 6.71. The Morgan fingerprint density at radius 2 is 1.96 bits per heavy atom. The summed E-state index contributed by atoms with van der Waals surface area (Å²) in [7, 11) is 2.22. The van der Waals surface area contributed by atoms with Gasteiger partial charge in [-0.15, -0.1) is 0 Å². The molecule has 0 radical (unpaired) electrons. The first-order valence-corrected chi connectivity index (χ1v) is 9.65. The SMILES string of the molecule is Cc1cnc2c(c1)c1c(n2CCN2CC(C)NC(C)C2)CCN(C)C1. The highest BCUT2D eigenvalue weighted by Gasteiger charge is 2.25. The van der Waals surface area contributed by atoms with Crippen molar-refractivity contribution in [1.82, 2.24) is 24.7 Å². The van der Waals surface area contributed by atoms with Crippen LogP contribution in [-0.2, 0) is 19.5 Å². The van der Waals surface area contributed by atoms with Crippen LogP contribution in [0.15, 0.2) is 12.3 Å². The first kappa shape index (κ1) is 17.0. The zero-order valence-corrected chi connectivity index (χ0v) is 16.0. The van der Waals surface area contributed by atoms with Crippen LogP contribution in [0.1, 0.15) is 30.7 Å². The van der Waals surface area contributed by atoms with Crippen LogP contribution in [0, 0.1) is 6.92 Å². The molecule has 2 aromatic heterocycles. The Bertz CT molecular complexity index is 755. The number of aromatic nitrogens is 2. The Balaban J connectivity index is 1.63. The van der Waals surface area contributed by atoms with Crippen LogP contribution in [0.3, 0.4) is 0 Å². The van der Waals surface area contributed by atoms with Crippen LogP contribution in [0.25, 0.3) is 11.0 Å². The molecule has 2 aliphatic rings. The average Bonchev–Trinajstić information content (AvgIpc) is 2.84. The average molecular weight is 342 g/mol. The molecule has 4 rings (SSSR count). The van der Waals surface area contributed by atoms with Gasteiger partial charge >= 0.3 is 0 Å². The maximum atomic E-state index is 4.82. The first-order valence-electron chi connectivity index (χ1n) is 9.65. The number of fused-ring (bicyclic) bond motifs is 3. The number of hydrogen-bond donors (Lipinski definition) is 1. The minimum Gasteiger partial charge on any atom is -0.328 e. The molecule has 0 bridgehead atoms. The van der Waals surface area contributed by atoms with Crippen molar-refractivity contribution in [2.45, 2.75) is 52.4 Å². The molecule has 5 heteroatoms. The van der Waals surface area contributed by atoms with Crippen molar-refractivity contribution >= 4 is 11.0 Å². The lowest BCUT2D eigenvalue weighted by Gasteiger charge is -2.36. The lowest BCUT2D eigenvalue weighted by atomic mass is 10.1. The number of likely N-dealkylation sites (N-methyl/N-ethyl adjacent to an activating group) is 1. The van der Waals surface area contributed by atoms with E-state index >= 15 is 0 Å². The van der Waals surface area contributed by atoms with E-state index in [9.17, 15) is 0 Å². The van der Waals surface area contributed by atoms with Gasteiger partial charge in [0.25, 0.3) is 0 Å². The molecule has 0 aliphatic carbocycles. The lowest BCUT2D eigenvalue weighted by Crippen LogP contribution is -2.54. The second-order valence-corrected chi connectivity index (χ2v) is 8.18. The van der Waals surface area contributed by atoms with Gasteiger partial charge in [-0.3, -0.25) is 4.90 Å². The van der Waals surface area contributed by atoms with Crippen molar-refractivity contribution in [2.24, 2.45) is 0 Å². The van der Waals surface area contributed by atoms with Crippen LogP contribution in [-0.4, -0.2) is 64.7 Å². The van der Waals surface area contributed by atoms with E-state index in [-0.39, 0.29) is 0 Å². The smallest absolute Gasteiger partial charge is 0.140 e. The van der Waals surface area contributed by atoms with Gasteiger partial charge in [-0.05, 0) is 45.0 Å². The van der Waals surface area contributed by atoms with E-state index in [0.29, 0.717) is 12.1 Å². The lowest BCUT2D eigenvalue weighted by molar-refractivity contribution is 0.168. The van der Waals surface area contributed by atoms with Gasteiger partial charge in [0.2, 0.25) is 0 Å². The van der Waals surface area contributed by atoms with E-state index in [0.717, 1.165) is 45.7 Å². The highest BCUT2D eigenvalue weighted by Crippen LogP contribution is 2.30. The Labute approximate surface area is 151 Å². The maximum Gasteiger partial charge on any atom is 0.140 e. The van der Waals surface area contributed by atoms with Crippen molar-refractivity contribution in [3.8, 4) is 0 Å². The minimum absolute atomic E-state index is 0.577. The molecule has 0 saturated carbocycles. The van der Waals surface area contributed by atoms with Crippen LogP contribution < -0.4 is 5.32 Å². The second-order valence-electron chi connectivity index (χ2n) is 8.18. The van der Waals surface area contributed by atoms with E-state index in [1.54, 1.807) is 0 Å². The molecule has 0 aromatic carbocycles. The summed E-state index contributed by atoms with van der Waals surface area (Å²) in [5.74, 6) is 0. The molecule has 2 aromatic rings. The molecule has 1 N–H and O–H groups in total. The maximum absolute atomic E-state index is 4.82. The highest BCUT2D eigenvalue weighted by molar-refractivity contribution is 5.83. The fraction of sp³-hybridized carbons (Fsp3) is 0.650. The van der Waals surface area contributed by atoms with E-state index in [1.807, 2.05) is 6.20 Å². The standard InChI is InChI=1S/C20H31N5/c1-14-9-17-18-13-23(4)6-5-19(18)25(20(17)21-10-14)8-7-24-11-15(2)22-16(3)12-24/h9-10,15-16,22H,5-8,11-13H2,1-4H3. The summed E-state index contributed by atoms with van der Waals surface area (Å²) in [6.45, 7) is 13.3. The summed E-state index contributed by atoms with van der Waals surface area (Å²) in [4.78, 5) is 9.85. The monoisotopic (exact) mass is 341 g/mol. The number of rotatable bonds is 3. The van der Waals surface area contributed by atoms with Gasteiger partial charge in [-0.1, -0.05) is 0 Å². The molecule has 2 aliphatic heterocycles. The Morgan fingerprint density at radius 1 is 1.20 bits per heavy atom. The van der Waals surface area contributed by atoms with Crippen LogP contribution in [0.2, 0.25) is 0 Å². The predicted octanol–water partition coefficient (Wildman–Crippen LogP) is 2.01. The Hall–Kier alpha value is -1.43. The quantitative estimate of drug-likeness (QED) is 0.927. The van der Waals surface area contributed by atoms with Gasteiger partial charge in [-0.25, -0.2) is 4.98 Å². The van der Waals surface area contributed by atoms with Crippen LogP contribution in [0.4, 0.5) is 0 Å². The van der Waals surface area contributed by atoms with Crippen molar-refractivity contribution < 1.29 is 0 Å². The molecule has 136 valence electrons. The molecule has 0 amide bonds. The summed E-state index contributed by atoms with van der Waals surface area (Å²) < 4.78 is 2.51. The number of aryl methyl sites for hydroxylation is 1. The molecular weight excluding hydrogens is 310 g/mol. The predicted molar refractivity (Wildman–Crippen MR) is 103 cm³/mol. The molecule has 1 saturated heterocycles. The van der Waals surface area contributed by atoms with Gasteiger partial charge in [-0.2, -0.15) is 0 Å². The topological polar surface area (TPSA) is 36.3 Å². The van der Waals surface area contributed by atoms with Crippen LogP contribution in [0.5, 0.6) is 0 Å². The molecular formula is C20H31N5. The van der Waals surface area contributed by atoms with Crippen molar-refractivity contribution in [3.05, 3.63) is 29.1 Å². The van der Waals surface area contributed by atoms with Gasteiger partial charge < -0.3 is 14.8 Å². The first-order chi connectivity index (χ1) is 12.0. The van der Waals surface area contributed by atoms with E-state index in [1.165, 1.54) is 27.9 Å². The van der Waals surface area contributed by atoms with Gasteiger partial charge in [0.05, 0.1) is 0 Å². The number of pyridine rings is 1. The largest absolute Gasteiger partial charge is 0.328 e. The van der Waals surface area contributed by atoms with Crippen LogP contribution >= 0.6 is 0 Å². The molecule has 2 atom stereocenters. The normalized spacial score (nSPS) is 25.4. The van der Waals surface area contributed by atoms with Crippen molar-refractivity contribution in [1.29, 1.82) is 0 Å². The number of piperazine rings is 1. The third-order valence-electron chi connectivity index (χ3n) is 5.69. The summed E-state index contributed by atoms with van der Waals surface area (Å²) in [6, 6.07) is 3.48. The summed E-state index contributed by atoms with van der Waals surface area (Å²) in [5.41, 5.74) is 5.46. The molecule has 5 nitrogen and oxygen atoms in total. The van der Waals surface area contributed by atoms with E-state index < -0.39 is 0 Å². The summed E-state index contributed by atoms with van der Waals surface area (Å²) in [6.07, 6.45) is 3.15. The van der Waals surface area contributed by atoms with Gasteiger partial charge in [0.1, 0.15) is 5.65 Å². The van der Waals surface area contributed by atoms with E-state index in [4.69, 9.17) is 4.98 Å². The fourth-order valence-electron chi connectivity index (χ4n) is 4.66. The highest BCUT2D eigenvalue weighted by atomic mass is 15.2. The van der Waals surface area contributed by atoms with Crippen molar-refractivity contribution in [2.75, 3.05) is 33.2 Å². The molecule has 0 spiro atoms. The zero-order chi connectivity index (χ0) is 17.6. The van der Waals surface area contributed by atoms with E-state index in [2.05, 4.69) is 53.6 Å². The summed E-state index contributed by atoms with van der Waals surface area (Å²) in [5, 5.41) is 4.99. The zero-order valence-electron chi connectivity index (χ0n) is 16.0. The molecule has 4 heterocycles. The van der Waals surface area contributed by atoms with Crippen molar-refractivity contribution in [3.63, 3.8) is 0 Å². The van der Waals surface area contributed by atoms with Gasteiger partial charge in [0, 0.05) is 75.1 Å². The third-order valence-corrected chi connectivity index (χ3v) is 5.69. The number of hydrogen-bond acceptors (Lipinski definition) is 4. The minimum atomic E-state index is 0.577. The Morgan fingerprint density at radius 3 is 2.72 bits per heavy atom. The number of nitrogens with zero attached hydrogens (tertiary/aromatic N) is 4.